The Morgan fingerprint density at radius 1 is 1.44 bits per heavy atom. The number of carbonyl (C=O) groups excluding carboxylic acids is 2. The van der Waals surface area contributed by atoms with Crippen molar-refractivity contribution in [1.29, 1.82) is 5.26 Å². The number of nitrogens with one attached hydrogen (secondary N) is 2. The summed E-state index contributed by atoms with van der Waals surface area (Å²) in [4.78, 5) is 25.2. The fourth-order valence-electron chi connectivity index (χ4n) is 2.53. The Hall–Kier alpha value is -3.02. The minimum Gasteiger partial charge on any atom is -0.338 e. The Balaban J connectivity index is 2.62. The van der Waals surface area contributed by atoms with E-state index in [0.717, 1.165) is 12.1 Å². The number of hydrogen-bond donors (Lipinski definition) is 2. The van der Waals surface area contributed by atoms with Crippen LogP contribution in [0.15, 0.2) is 35.5 Å². The summed E-state index contributed by atoms with van der Waals surface area (Å²) in [5.74, 6) is 0. The van der Waals surface area contributed by atoms with Crippen LogP contribution in [0.3, 0.4) is 0 Å². The highest BCUT2D eigenvalue weighted by Gasteiger charge is 2.40. The van der Waals surface area contributed by atoms with Crippen molar-refractivity contribution in [2.45, 2.75) is 26.1 Å². The van der Waals surface area contributed by atoms with Crippen LogP contribution in [0.2, 0.25) is 0 Å². The molecule has 0 spiro atoms. The number of nitriles is 1. The molecule has 0 fully saturated rings. The van der Waals surface area contributed by atoms with Crippen molar-refractivity contribution >= 4 is 12.1 Å². The fourth-order valence-corrected chi connectivity index (χ4v) is 2.53. The quantitative estimate of drug-likeness (QED) is 0.856. The Morgan fingerprint density at radius 3 is 2.68 bits per heavy atom. The molecule has 1 aromatic carbocycles. The minimum atomic E-state index is -4.59. The maximum absolute atomic E-state index is 13.0. The topological polar surface area (TPSA) is 85.2 Å². The molecule has 1 aliphatic rings. The van der Waals surface area contributed by atoms with Gasteiger partial charge in [-0.05, 0) is 31.5 Å². The first-order valence-electron chi connectivity index (χ1n) is 7.36. The first-order valence-corrected chi connectivity index (χ1v) is 7.36. The zero-order valence-electron chi connectivity index (χ0n) is 13.4. The maximum Gasteiger partial charge on any atom is 0.416 e. The summed E-state index contributed by atoms with van der Waals surface area (Å²) in [5.41, 5.74) is -0.728. The van der Waals surface area contributed by atoms with Crippen LogP contribution in [0.5, 0.6) is 0 Å². The van der Waals surface area contributed by atoms with Gasteiger partial charge in [0.15, 0.2) is 0 Å². The molecule has 0 saturated carbocycles. The average Bonchev–Trinajstić information content (AvgIpc) is 2.53. The van der Waals surface area contributed by atoms with Crippen molar-refractivity contribution in [3.05, 3.63) is 46.7 Å². The van der Waals surface area contributed by atoms with Crippen LogP contribution in [-0.4, -0.2) is 23.5 Å². The van der Waals surface area contributed by atoms with Crippen molar-refractivity contribution in [2.75, 3.05) is 6.54 Å². The summed E-state index contributed by atoms with van der Waals surface area (Å²) in [5, 5.41) is 14.2. The number of benzene rings is 1. The summed E-state index contributed by atoms with van der Waals surface area (Å²) >= 11 is 0. The largest absolute Gasteiger partial charge is 0.416 e. The summed E-state index contributed by atoms with van der Waals surface area (Å²) in [7, 11) is 0. The summed E-state index contributed by atoms with van der Waals surface area (Å²) in [6.45, 7) is 3.29. The number of halogens is 3. The lowest BCUT2D eigenvalue weighted by molar-refractivity contribution is -0.137. The summed E-state index contributed by atoms with van der Waals surface area (Å²) in [6, 6.07) is 3.24. The highest BCUT2D eigenvalue weighted by molar-refractivity contribution is 5.96. The van der Waals surface area contributed by atoms with Gasteiger partial charge in [0, 0.05) is 12.2 Å². The fraction of sp³-hybridized carbons (Fsp3) is 0.312. The molecular weight excluding hydrogens is 337 g/mol. The van der Waals surface area contributed by atoms with Gasteiger partial charge in [0.2, 0.25) is 0 Å². The van der Waals surface area contributed by atoms with Crippen LogP contribution in [0, 0.1) is 11.3 Å². The number of imide groups is 1. The van der Waals surface area contributed by atoms with Crippen molar-refractivity contribution in [2.24, 2.45) is 0 Å². The van der Waals surface area contributed by atoms with Gasteiger partial charge in [-0.15, -0.1) is 0 Å². The van der Waals surface area contributed by atoms with Gasteiger partial charge in [-0.2, -0.15) is 18.4 Å². The van der Waals surface area contributed by atoms with E-state index < -0.39 is 29.8 Å². The van der Waals surface area contributed by atoms with Gasteiger partial charge in [0.25, 0.3) is 0 Å². The molecule has 132 valence electrons. The Labute approximate surface area is 141 Å². The highest BCUT2D eigenvalue weighted by Crippen LogP contribution is 2.36. The summed E-state index contributed by atoms with van der Waals surface area (Å²) < 4.78 is 39.0. The predicted octanol–water partition coefficient (Wildman–Crippen LogP) is 3.30. The van der Waals surface area contributed by atoms with Gasteiger partial charge < -0.3 is 10.6 Å². The molecule has 0 radical (unpaired) electrons. The van der Waals surface area contributed by atoms with E-state index in [1.54, 1.807) is 6.92 Å². The smallest absolute Gasteiger partial charge is 0.338 e. The van der Waals surface area contributed by atoms with Crippen molar-refractivity contribution in [1.82, 2.24) is 15.5 Å². The number of rotatable bonds is 2. The summed E-state index contributed by atoms with van der Waals surface area (Å²) in [6.07, 6.45) is -4.59. The van der Waals surface area contributed by atoms with E-state index in [0.29, 0.717) is 4.90 Å². The third-order valence-corrected chi connectivity index (χ3v) is 3.65. The minimum absolute atomic E-state index is 0.00909. The zero-order chi connectivity index (χ0) is 18.8. The zero-order valence-corrected chi connectivity index (χ0v) is 13.4. The molecule has 1 unspecified atom stereocenters. The molecule has 6 nitrogen and oxygen atoms in total. The van der Waals surface area contributed by atoms with E-state index >= 15 is 0 Å². The normalized spacial score (nSPS) is 17.8. The lowest BCUT2D eigenvalue weighted by Crippen LogP contribution is -2.53. The van der Waals surface area contributed by atoms with Crippen LogP contribution in [0.25, 0.3) is 0 Å². The van der Waals surface area contributed by atoms with E-state index in [4.69, 9.17) is 0 Å². The van der Waals surface area contributed by atoms with Gasteiger partial charge in [-0.25, -0.2) is 14.5 Å². The van der Waals surface area contributed by atoms with Crippen molar-refractivity contribution < 1.29 is 22.8 Å². The van der Waals surface area contributed by atoms with Crippen LogP contribution in [-0.2, 0) is 6.18 Å². The van der Waals surface area contributed by atoms with Crippen LogP contribution in [0.4, 0.5) is 22.8 Å². The molecule has 1 aliphatic heterocycles. The number of carbonyl (C=O) groups is 2. The first kappa shape index (κ1) is 18.3. The molecule has 9 heteroatoms. The molecular formula is C16H15F3N4O2. The number of allylic oxidation sites excluding steroid dienone is 1. The Bertz CT molecular complexity index is 780. The van der Waals surface area contributed by atoms with Crippen molar-refractivity contribution in [3.63, 3.8) is 0 Å². The lowest BCUT2D eigenvalue weighted by Gasteiger charge is -2.35. The third-order valence-electron chi connectivity index (χ3n) is 3.65. The molecule has 25 heavy (non-hydrogen) atoms. The molecule has 1 atom stereocenters. The van der Waals surface area contributed by atoms with Gasteiger partial charge in [-0.1, -0.05) is 12.1 Å². The Morgan fingerprint density at radius 2 is 2.12 bits per heavy atom. The van der Waals surface area contributed by atoms with Crippen LogP contribution in [0.1, 0.15) is 31.0 Å². The second-order valence-electron chi connectivity index (χ2n) is 5.31. The SMILES string of the molecule is CCNC(=O)N1C(=O)NC(C)=C(C#N)C1c1cccc(C(F)(F)F)c1. The number of nitrogens with zero attached hydrogens (tertiary/aromatic N) is 2. The first-order chi connectivity index (χ1) is 11.7. The van der Waals surface area contributed by atoms with E-state index in [-0.39, 0.29) is 23.4 Å². The van der Waals surface area contributed by atoms with Gasteiger partial charge in [0.05, 0.1) is 17.2 Å². The van der Waals surface area contributed by atoms with Crippen LogP contribution < -0.4 is 10.6 Å². The third kappa shape index (κ3) is 3.57. The van der Waals surface area contributed by atoms with E-state index in [1.807, 2.05) is 6.07 Å². The molecule has 0 saturated heterocycles. The molecule has 2 rings (SSSR count). The molecule has 1 aromatic rings. The molecule has 4 amide bonds. The van der Waals surface area contributed by atoms with Crippen LogP contribution >= 0.6 is 0 Å². The van der Waals surface area contributed by atoms with E-state index in [9.17, 15) is 28.0 Å². The Kier molecular flexibility index (Phi) is 5.02. The number of urea groups is 2. The number of hydrogen-bond acceptors (Lipinski definition) is 3. The highest BCUT2D eigenvalue weighted by atomic mass is 19.4. The second-order valence-corrected chi connectivity index (χ2v) is 5.31. The van der Waals surface area contributed by atoms with E-state index in [2.05, 4.69) is 10.6 Å². The predicted molar refractivity (Wildman–Crippen MR) is 81.9 cm³/mol. The monoisotopic (exact) mass is 352 g/mol. The average molecular weight is 352 g/mol. The van der Waals surface area contributed by atoms with Gasteiger partial charge in [0.1, 0.15) is 6.04 Å². The molecule has 0 bridgehead atoms. The standard InChI is InChI=1S/C16H15F3N4O2/c1-3-21-14(24)23-13(12(8-20)9(2)22-15(23)25)10-5-4-6-11(7-10)16(17,18)19/h4-7,13H,3H2,1-2H3,(H,21,24)(H,22,25). The molecule has 2 N–H and O–H groups in total. The van der Waals surface area contributed by atoms with E-state index in [1.165, 1.54) is 19.1 Å². The van der Waals surface area contributed by atoms with Crippen molar-refractivity contribution in [3.8, 4) is 6.07 Å². The molecule has 0 aliphatic carbocycles. The maximum atomic E-state index is 13.0. The number of amides is 4. The molecule has 0 aromatic heterocycles. The van der Waals surface area contributed by atoms with Gasteiger partial charge >= 0.3 is 18.2 Å². The lowest BCUT2D eigenvalue weighted by atomic mass is 9.93. The van der Waals surface area contributed by atoms with Gasteiger partial charge in [-0.3, -0.25) is 0 Å². The second kappa shape index (κ2) is 6.84. The molecule has 1 heterocycles. The number of alkyl halides is 3.